The Morgan fingerprint density at radius 3 is 2.78 bits per heavy atom. The van der Waals surface area contributed by atoms with E-state index in [2.05, 4.69) is 27.5 Å². The molecular weight excluding hydrogens is 500 g/mol. The fraction of sp³-hybridized carbons (Fsp3) is 0.640. The summed E-state index contributed by atoms with van der Waals surface area (Å²) >= 11 is 6.15. The van der Waals surface area contributed by atoms with E-state index in [9.17, 15) is 14.4 Å². The normalized spacial score (nSPS) is 28.5. The zero-order valence-electron chi connectivity index (χ0n) is 21.2. The van der Waals surface area contributed by atoms with Crippen LogP contribution in [0.3, 0.4) is 0 Å². The number of ether oxygens (including phenoxy) is 1. The average Bonchev–Trinajstić information content (AvgIpc) is 2.87. The Kier molecular flexibility index (Phi) is 8.86. The first kappa shape index (κ1) is 27.1. The predicted octanol–water partition coefficient (Wildman–Crippen LogP) is 3.76. The van der Waals surface area contributed by atoms with Crippen LogP contribution in [0.4, 0.5) is 9.59 Å². The maximum atomic E-state index is 13.3. The maximum Gasteiger partial charge on any atom is 0.354 e. The van der Waals surface area contributed by atoms with Gasteiger partial charge in [0.05, 0.1) is 0 Å². The molecule has 2 aliphatic carbocycles. The zero-order valence-corrected chi connectivity index (χ0v) is 22.0. The summed E-state index contributed by atoms with van der Waals surface area (Å²) in [5.41, 5.74) is -0.112. The monoisotopic (exact) mass is 534 g/mol. The van der Waals surface area contributed by atoms with E-state index < -0.39 is 12.3 Å². The summed E-state index contributed by atoms with van der Waals surface area (Å²) in [5.74, 6) is -0.475. The number of carboxylic acid groups (broad SMARTS) is 1. The Balaban J connectivity index is 1.39. The highest BCUT2D eigenvalue weighted by Gasteiger charge is 2.41. The van der Waals surface area contributed by atoms with E-state index in [0.29, 0.717) is 25.9 Å². The van der Waals surface area contributed by atoms with Gasteiger partial charge in [-0.05, 0) is 56.8 Å². The molecule has 0 spiro atoms. The van der Waals surface area contributed by atoms with Crippen LogP contribution >= 0.6 is 11.6 Å². The molecule has 37 heavy (non-hydrogen) atoms. The number of rotatable bonds is 9. The van der Waals surface area contributed by atoms with Crippen molar-refractivity contribution in [2.75, 3.05) is 13.1 Å². The average molecular weight is 535 g/mol. The summed E-state index contributed by atoms with van der Waals surface area (Å²) in [4.78, 5) is 48.1. The van der Waals surface area contributed by atoms with Gasteiger partial charge in [-0.15, -0.1) is 0 Å². The minimum absolute atomic E-state index is 0.0638. The molecular formula is C25H35ClN6O5. The van der Waals surface area contributed by atoms with Crippen LogP contribution in [-0.4, -0.2) is 74.4 Å². The van der Waals surface area contributed by atoms with Crippen molar-refractivity contribution in [1.29, 1.82) is 0 Å². The van der Waals surface area contributed by atoms with Crippen LogP contribution in [0.2, 0.25) is 0 Å². The number of imide groups is 1. The first-order valence-electron chi connectivity index (χ1n) is 13.0. The lowest BCUT2D eigenvalue weighted by atomic mass is 9.84. The van der Waals surface area contributed by atoms with Crippen molar-refractivity contribution in [2.24, 2.45) is 11.8 Å². The molecule has 5 atom stereocenters. The predicted molar refractivity (Wildman–Crippen MR) is 136 cm³/mol. The van der Waals surface area contributed by atoms with E-state index in [4.69, 9.17) is 21.4 Å². The molecule has 2 heterocycles. The van der Waals surface area contributed by atoms with Crippen LogP contribution in [0.25, 0.3) is 0 Å². The highest BCUT2D eigenvalue weighted by Crippen LogP contribution is 2.30. The number of carboxylic acids is 1. The lowest BCUT2D eigenvalue weighted by molar-refractivity contribution is 0.0493. The number of hydrogen-bond donors (Lipinski definition) is 3. The number of nitrogens with zero attached hydrogens (tertiary/aromatic N) is 4. The van der Waals surface area contributed by atoms with Gasteiger partial charge in [0, 0.05) is 30.2 Å². The Morgan fingerprint density at radius 2 is 2.11 bits per heavy atom. The minimum atomic E-state index is -1.13. The fourth-order valence-corrected chi connectivity index (χ4v) is 5.45. The Labute approximate surface area is 221 Å². The molecule has 1 aromatic rings. The Hall–Kier alpha value is -2.92. The van der Waals surface area contributed by atoms with Crippen molar-refractivity contribution in [3.8, 4) is 5.88 Å². The van der Waals surface area contributed by atoms with Gasteiger partial charge in [0.2, 0.25) is 5.88 Å². The smallest absolute Gasteiger partial charge is 0.354 e. The zero-order chi connectivity index (χ0) is 26.5. The van der Waals surface area contributed by atoms with Gasteiger partial charge in [0.1, 0.15) is 12.4 Å². The molecule has 2 fully saturated rings. The number of halogens is 1. The van der Waals surface area contributed by atoms with Crippen molar-refractivity contribution >= 4 is 29.6 Å². The maximum absolute atomic E-state index is 13.3. The molecule has 1 saturated carbocycles. The Morgan fingerprint density at radius 1 is 1.30 bits per heavy atom. The van der Waals surface area contributed by atoms with E-state index >= 15 is 0 Å². The van der Waals surface area contributed by atoms with E-state index in [1.807, 2.05) is 13.0 Å². The van der Waals surface area contributed by atoms with Gasteiger partial charge in [-0.1, -0.05) is 31.5 Å². The van der Waals surface area contributed by atoms with Gasteiger partial charge >= 0.3 is 18.0 Å². The van der Waals surface area contributed by atoms with Crippen molar-refractivity contribution in [2.45, 2.75) is 77.2 Å². The number of allylic oxidation sites excluding steroid dienone is 2. The van der Waals surface area contributed by atoms with Gasteiger partial charge in [-0.25, -0.2) is 29.3 Å². The van der Waals surface area contributed by atoms with Crippen LogP contribution in [0, 0.1) is 11.8 Å². The van der Waals surface area contributed by atoms with E-state index in [0.717, 1.165) is 37.1 Å². The highest BCUT2D eigenvalue weighted by atomic mass is 35.5. The number of aromatic carboxylic acids is 1. The van der Waals surface area contributed by atoms with Crippen molar-refractivity contribution in [1.82, 2.24) is 30.4 Å². The molecule has 4 rings (SSSR count). The minimum Gasteiger partial charge on any atom is -0.477 e. The van der Waals surface area contributed by atoms with Gasteiger partial charge < -0.3 is 15.2 Å². The van der Waals surface area contributed by atoms with E-state index in [-0.39, 0.29) is 47.6 Å². The molecule has 202 valence electrons. The molecule has 4 amide bonds. The molecule has 1 aromatic heterocycles. The molecule has 1 saturated heterocycles. The quantitative estimate of drug-likeness (QED) is 0.435. The molecule has 0 aromatic carbocycles. The molecule has 0 bridgehead atoms. The molecule has 1 aliphatic heterocycles. The van der Waals surface area contributed by atoms with Crippen LogP contribution in [-0.2, 0) is 0 Å². The molecule has 11 nitrogen and oxygen atoms in total. The molecule has 3 N–H and O–H groups in total. The number of nitrogens with one attached hydrogen (secondary N) is 2. The molecule has 5 unspecified atom stereocenters. The summed E-state index contributed by atoms with van der Waals surface area (Å²) < 4.78 is 6.00. The lowest BCUT2D eigenvalue weighted by Crippen LogP contribution is -2.71. The number of carbonyl (C=O) groups excluding carboxylic acids is 2. The first-order chi connectivity index (χ1) is 17.7. The van der Waals surface area contributed by atoms with E-state index in [1.165, 1.54) is 17.3 Å². The summed E-state index contributed by atoms with van der Waals surface area (Å²) in [7, 11) is 0. The molecule has 12 heteroatoms. The first-order valence-corrected chi connectivity index (χ1v) is 13.3. The van der Waals surface area contributed by atoms with Crippen LogP contribution < -0.4 is 15.4 Å². The van der Waals surface area contributed by atoms with Crippen molar-refractivity contribution in [3.63, 3.8) is 0 Å². The van der Waals surface area contributed by atoms with Gasteiger partial charge in [-0.2, -0.15) is 0 Å². The SMILES string of the molecule is CCCN1C(=O)NC(NC2CCC(Oc3cc(C(=O)O)ncn3)C(C)C2)N(CC2CC=C(Cl)CC2)C1=O. The van der Waals surface area contributed by atoms with Crippen LogP contribution in [0.5, 0.6) is 5.88 Å². The summed E-state index contributed by atoms with van der Waals surface area (Å²) in [6.07, 6.45) is 7.93. The van der Waals surface area contributed by atoms with E-state index in [1.54, 1.807) is 4.90 Å². The van der Waals surface area contributed by atoms with Gasteiger partial charge in [0.25, 0.3) is 0 Å². The van der Waals surface area contributed by atoms with Gasteiger partial charge in [-0.3, -0.25) is 10.2 Å². The van der Waals surface area contributed by atoms with Crippen molar-refractivity contribution < 1.29 is 24.2 Å². The Bertz CT molecular complexity index is 1040. The third kappa shape index (κ3) is 6.70. The fourth-order valence-electron chi connectivity index (χ4n) is 5.26. The van der Waals surface area contributed by atoms with Gasteiger partial charge in [0.15, 0.2) is 12.0 Å². The summed E-state index contributed by atoms with van der Waals surface area (Å²) in [6, 6.07) is 0.742. The summed E-state index contributed by atoms with van der Waals surface area (Å²) in [6.45, 7) is 4.91. The highest BCUT2D eigenvalue weighted by molar-refractivity contribution is 6.29. The molecule has 0 radical (unpaired) electrons. The topological polar surface area (TPSA) is 137 Å². The van der Waals surface area contributed by atoms with Crippen molar-refractivity contribution in [3.05, 3.63) is 29.2 Å². The third-order valence-corrected chi connectivity index (χ3v) is 7.62. The lowest BCUT2D eigenvalue weighted by Gasteiger charge is -2.45. The van der Waals surface area contributed by atoms with Crippen LogP contribution in [0.15, 0.2) is 23.5 Å². The van der Waals surface area contributed by atoms with Crippen LogP contribution in [0.1, 0.15) is 69.3 Å². The number of hydrogen-bond acceptors (Lipinski definition) is 7. The standard InChI is InChI=1S/C25H35ClN6O5/c1-3-10-31-24(35)30-23(32(25(31)36)13-16-4-6-17(26)7-5-16)29-18-8-9-20(15(2)11-18)37-21-12-19(22(33)34)27-14-28-21/h6,12,14-16,18,20,23,29H,3-5,7-11,13H2,1-2H3,(H,30,35)(H,33,34). The number of urea groups is 2. The second kappa shape index (κ2) is 12.1. The third-order valence-electron chi connectivity index (χ3n) is 7.28. The number of carbonyl (C=O) groups is 3. The largest absolute Gasteiger partial charge is 0.477 e. The summed E-state index contributed by atoms with van der Waals surface area (Å²) in [5, 5.41) is 16.5. The second-order valence-electron chi connectivity index (χ2n) is 10.1. The molecule has 3 aliphatic rings. The number of amides is 4. The second-order valence-corrected chi connectivity index (χ2v) is 10.6. The number of aromatic nitrogens is 2.